The van der Waals surface area contributed by atoms with Gasteiger partial charge in [-0.2, -0.15) is 0 Å². The highest BCUT2D eigenvalue weighted by molar-refractivity contribution is 5.03. The number of aromatic amines is 1. The molecule has 0 amide bonds. The quantitative estimate of drug-likeness (QED) is 0.783. The first-order valence-electron chi connectivity index (χ1n) is 5.15. The predicted octanol–water partition coefficient (Wildman–Crippen LogP) is 1.85. The lowest BCUT2D eigenvalue weighted by Crippen LogP contribution is -2.12. The largest absolute Gasteiger partial charge is 0.444 e. The van der Waals surface area contributed by atoms with Crippen LogP contribution >= 0.6 is 0 Å². The molecule has 0 spiro atoms. The van der Waals surface area contributed by atoms with E-state index in [4.69, 9.17) is 4.42 Å². The molecule has 2 heterocycles. The van der Waals surface area contributed by atoms with Crippen molar-refractivity contribution in [2.24, 2.45) is 0 Å². The third kappa shape index (κ3) is 2.70. The van der Waals surface area contributed by atoms with Crippen LogP contribution in [0.2, 0.25) is 0 Å². The van der Waals surface area contributed by atoms with Gasteiger partial charge in [-0.15, -0.1) is 0 Å². The summed E-state index contributed by atoms with van der Waals surface area (Å²) in [7, 11) is 0. The Kier molecular flexibility index (Phi) is 3.19. The Morgan fingerprint density at radius 2 is 2.40 bits per heavy atom. The van der Waals surface area contributed by atoms with Crippen molar-refractivity contribution in [3.63, 3.8) is 0 Å². The molecule has 2 N–H and O–H groups in total. The van der Waals surface area contributed by atoms with Gasteiger partial charge in [0.1, 0.15) is 5.76 Å². The van der Waals surface area contributed by atoms with Crippen molar-refractivity contribution in [3.8, 4) is 0 Å². The first-order valence-corrected chi connectivity index (χ1v) is 5.15. The summed E-state index contributed by atoms with van der Waals surface area (Å²) in [6, 6.07) is 4.03. The first-order chi connectivity index (χ1) is 7.38. The smallest absolute Gasteiger partial charge is 0.208 e. The third-order valence-corrected chi connectivity index (χ3v) is 2.20. The van der Waals surface area contributed by atoms with Crippen LogP contribution in [0, 0.1) is 0 Å². The minimum absolute atomic E-state index is 0.666. The number of aromatic nitrogens is 2. The van der Waals surface area contributed by atoms with Gasteiger partial charge in [0.2, 0.25) is 5.89 Å². The molecule has 2 rings (SSSR count). The molecule has 2 aromatic rings. The Hall–Kier alpha value is -1.55. The molecular formula is C11H15N3O. The minimum Gasteiger partial charge on any atom is -0.444 e. The van der Waals surface area contributed by atoms with E-state index in [0.29, 0.717) is 6.54 Å². The van der Waals surface area contributed by atoms with Crippen LogP contribution in [0.15, 0.2) is 28.9 Å². The molecular weight excluding hydrogens is 190 g/mol. The number of aryl methyl sites for hydroxylation is 1. The van der Waals surface area contributed by atoms with Gasteiger partial charge in [0.15, 0.2) is 0 Å². The van der Waals surface area contributed by atoms with E-state index in [2.05, 4.69) is 22.2 Å². The number of hydrogen-bond donors (Lipinski definition) is 2. The van der Waals surface area contributed by atoms with E-state index in [0.717, 1.165) is 30.3 Å². The van der Waals surface area contributed by atoms with E-state index in [1.165, 1.54) is 0 Å². The topological polar surface area (TPSA) is 53.9 Å². The number of nitrogens with one attached hydrogen (secondary N) is 2. The Morgan fingerprint density at radius 1 is 1.47 bits per heavy atom. The summed E-state index contributed by atoms with van der Waals surface area (Å²) in [5, 5.41) is 3.25. The summed E-state index contributed by atoms with van der Waals surface area (Å²) in [6.07, 6.45) is 4.59. The number of rotatable bonds is 5. The van der Waals surface area contributed by atoms with E-state index in [1.54, 1.807) is 6.20 Å². The van der Waals surface area contributed by atoms with E-state index in [-0.39, 0.29) is 0 Å². The fourth-order valence-electron chi connectivity index (χ4n) is 1.37. The van der Waals surface area contributed by atoms with E-state index in [9.17, 15) is 0 Å². The SMILES string of the molecule is CCc1cnc(CNCc2ccc[nH]2)o1. The zero-order valence-corrected chi connectivity index (χ0v) is 8.79. The first kappa shape index (κ1) is 9.98. The predicted molar refractivity (Wildman–Crippen MR) is 57.2 cm³/mol. The molecule has 0 atom stereocenters. The second-order valence-corrected chi connectivity index (χ2v) is 3.37. The molecule has 2 aromatic heterocycles. The van der Waals surface area contributed by atoms with Crippen molar-refractivity contribution in [1.29, 1.82) is 0 Å². The van der Waals surface area contributed by atoms with Crippen LogP contribution in [0.5, 0.6) is 0 Å². The Balaban J connectivity index is 1.78. The molecule has 0 aliphatic carbocycles. The van der Waals surface area contributed by atoms with Crippen molar-refractivity contribution in [2.75, 3.05) is 0 Å². The van der Waals surface area contributed by atoms with Gasteiger partial charge in [-0.1, -0.05) is 6.92 Å². The third-order valence-electron chi connectivity index (χ3n) is 2.20. The minimum atomic E-state index is 0.666. The van der Waals surface area contributed by atoms with Crippen LogP contribution in [0.1, 0.15) is 24.3 Å². The van der Waals surface area contributed by atoms with Crippen LogP contribution in [0.25, 0.3) is 0 Å². The molecule has 0 aliphatic rings. The maximum absolute atomic E-state index is 5.47. The van der Waals surface area contributed by atoms with Crippen molar-refractivity contribution in [3.05, 3.63) is 41.9 Å². The molecule has 80 valence electrons. The maximum atomic E-state index is 5.47. The summed E-state index contributed by atoms with van der Waals surface area (Å²) in [5.41, 5.74) is 1.16. The maximum Gasteiger partial charge on any atom is 0.208 e. The fourth-order valence-corrected chi connectivity index (χ4v) is 1.37. The lowest BCUT2D eigenvalue weighted by molar-refractivity contribution is 0.438. The summed E-state index contributed by atoms with van der Waals surface area (Å²) in [4.78, 5) is 7.29. The second kappa shape index (κ2) is 4.79. The lowest BCUT2D eigenvalue weighted by Gasteiger charge is -1.99. The molecule has 0 radical (unpaired) electrons. The standard InChI is InChI=1S/C11H15N3O/c1-2-10-7-14-11(15-10)8-12-6-9-4-3-5-13-9/h3-5,7,12-13H,2,6,8H2,1H3. The summed E-state index contributed by atoms with van der Waals surface area (Å²) in [5.74, 6) is 1.69. The Bertz CT molecular complexity index is 392. The van der Waals surface area contributed by atoms with E-state index < -0.39 is 0 Å². The number of oxazole rings is 1. The molecule has 0 aromatic carbocycles. The molecule has 15 heavy (non-hydrogen) atoms. The van der Waals surface area contributed by atoms with Gasteiger partial charge in [-0.25, -0.2) is 4.98 Å². The van der Waals surface area contributed by atoms with Gasteiger partial charge < -0.3 is 14.7 Å². The number of hydrogen-bond acceptors (Lipinski definition) is 3. The van der Waals surface area contributed by atoms with Gasteiger partial charge >= 0.3 is 0 Å². The van der Waals surface area contributed by atoms with Crippen molar-refractivity contribution >= 4 is 0 Å². The number of nitrogens with zero attached hydrogens (tertiary/aromatic N) is 1. The van der Waals surface area contributed by atoms with Crippen molar-refractivity contribution in [1.82, 2.24) is 15.3 Å². The van der Waals surface area contributed by atoms with E-state index >= 15 is 0 Å². The van der Waals surface area contributed by atoms with E-state index in [1.807, 2.05) is 18.3 Å². The number of H-pyrrole nitrogens is 1. The van der Waals surface area contributed by atoms with Gasteiger partial charge in [0.25, 0.3) is 0 Å². The fraction of sp³-hybridized carbons (Fsp3) is 0.364. The summed E-state index contributed by atoms with van der Waals surface area (Å²) < 4.78 is 5.47. The Labute approximate surface area is 88.7 Å². The zero-order chi connectivity index (χ0) is 10.5. The van der Waals surface area contributed by atoms with Gasteiger partial charge in [-0.05, 0) is 12.1 Å². The van der Waals surface area contributed by atoms with Crippen LogP contribution in [0.3, 0.4) is 0 Å². The molecule has 0 saturated carbocycles. The highest BCUT2D eigenvalue weighted by atomic mass is 16.4. The normalized spacial score (nSPS) is 10.7. The molecule has 4 heteroatoms. The van der Waals surface area contributed by atoms with Gasteiger partial charge in [0.05, 0.1) is 12.7 Å². The van der Waals surface area contributed by atoms with Crippen molar-refractivity contribution in [2.45, 2.75) is 26.4 Å². The molecule has 0 saturated heterocycles. The van der Waals surface area contributed by atoms with Gasteiger partial charge in [-0.3, -0.25) is 0 Å². The molecule has 0 aliphatic heterocycles. The highest BCUT2D eigenvalue weighted by Crippen LogP contribution is 2.03. The van der Waals surface area contributed by atoms with Gasteiger partial charge in [0, 0.05) is 24.9 Å². The van der Waals surface area contributed by atoms with Crippen LogP contribution in [-0.4, -0.2) is 9.97 Å². The average molecular weight is 205 g/mol. The summed E-state index contributed by atoms with van der Waals surface area (Å²) in [6.45, 7) is 3.52. The van der Waals surface area contributed by atoms with Crippen molar-refractivity contribution < 1.29 is 4.42 Å². The average Bonchev–Trinajstić information content (AvgIpc) is 2.88. The molecule has 0 unspecified atom stereocenters. The molecule has 0 fully saturated rings. The lowest BCUT2D eigenvalue weighted by atomic mass is 10.4. The highest BCUT2D eigenvalue weighted by Gasteiger charge is 2.01. The van der Waals surface area contributed by atoms with Crippen LogP contribution in [0.4, 0.5) is 0 Å². The summed E-state index contributed by atoms with van der Waals surface area (Å²) >= 11 is 0. The molecule has 0 bridgehead atoms. The van der Waals surface area contributed by atoms with Crippen LogP contribution in [-0.2, 0) is 19.5 Å². The second-order valence-electron chi connectivity index (χ2n) is 3.37. The zero-order valence-electron chi connectivity index (χ0n) is 8.79. The molecule has 4 nitrogen and oxygen atoms in total. The Morgan fingerprint density at radius 3 is 3.07 bits per heavy atom. The monoisotopic (exact) mass is 205 g/mol. The van der Waals surface area contributed by atoms with Crippen LogP contribution < -0.4 is 5.32 Å².